The summed E-state index contributed by atoms with van der Waals surface area (Å²) in [6, 6.07) is 14.7. The van der Waals surface area contributed by atoms with Gasteiger partial charge in [0.05, 0.1) is 20.8 Å². The lowest BCUT2D eigenvalue weighted by molar-refractivity contribution is -0.147. The predicted octanol–water partition coefficient (Wildman–Crippen LogP) is 3.14. The van der Waals surface area contributed by atoms with Crippen LogP contribution in [0, 0.1) is 0 Å². The standard InChI is InChI=1S/C21H23NO5/c1-15(23)27-20(17-10-11-18(25-2)19(13-17)26-3)14-22-21(24)12-9-16-7-5-4-6-8-16/h4-13,20H,14H2,1-3H3,(H,22,24)/b12-9+. The van der Waals surface area contributed by atoms with Gasteiger partial charge in [0, 0.05) is 13.0 Å². The van der Waals surface area contributed by atoms with Gasteiger partial charge in [-0.15, -0.1) is 0 Å². The van der Waals surface area contributed by atoms with Crippen molar-refractivity contribution >= 4 is 18.0 Å². The van der Waals surface area contributed by atoms with Crippen LogP contribution < -0.4 is 14.8 Å². The number of ether oxygens (including phenoxy) is 3. The van der Waals surface area contributed by atoms with Gasteiger partial charge in [-0.3, -0.25) is 9.59 Å². The van der Waals surface area contributed by atoms with Crippen LogP contribution in [0.1, 0.15) is 24.2 Å². The first-order valence-electron chi connectivity index (χ1n) is 8.43. The molecule has 2 aromatic carbocycles. The monoisotopic (exact) mass is 369 g/mol. The van der Waals surface area contributed by atoms with E-state index in [0.717, 1.165) is 5.56 Å². The normalized spacial score (nSPS) is 11.7. The van der Waals surface area contributed by atoms with Crippen LogP contribution in [0.25, 0.3) is 6.08 Å². The van der Waals surface area contributed by atoms with Crippen LogP contribution in [-0.4, -0.2) is 32.6 Å². The highest BCUT2D eigenvalue weighted by Crippen LogP contribution is 2.31. The van der Waals surface area contributed by atoms with E-state index in [1.807, 2.05) is 30.3 Å². The fourth-order valence-electron chi connectivity index (χ4n) is 2.47. The molecule has 0 bridgehead atoms. The van der Waals surface area contributed by atoms with Gasteiger partial charge in [0.15, 0.2) is 11.5 Å². The van der Waals surface area contributed by atoms with Crippen molar-refractivity contribution in [1.82, 2.24) is 5.32 Å². The third kappa shape index (κ3) is 6.18. The average molecular weight is 369 g/mol. The summed E-state index contributed by atoms with van der Waals surface area (Å²) < 4.78 is 15.8. The maximum atomic E-state index is 12.1. The Balaban J connectivity index is 2.07. The summed E-state index contributed by atoms with van der Waals surface area (Å²) >= 11 is 0. The molecule has 6 nitrogen and oxygen atoms in total. The van der Waals surface area contributed by atoms with E-state index in [1.165, 1.54) is 20.1 Å². The number of esters is 1. The van der Waals surface area contributed by atoms with Crippen LogP contribution in [-0.2, 0) is 14.3 Å². The van der Waals surface area contributed by atoms with Crippen molar-refractivity contribution in [3.8, 4) is 11.5 Å². The quantitative estimate of drug-likeness (QED) is 0.572. The van der Waals surface area contributed by atoms with Gasteiger partial charge in [-0.1, -0.05) is 36.4 Å². The van der Waals surface area contributed by atoms with E-state index in [-0.39, 0.29) is 12.5 Å². The number of carbonyl (C=O) groups is 2. The van der Waals surface area contributed by atoms with Crippen molar-refractivity contribution in [2.45, 2.75) is 13.0 Å². The molecule has 0 aliphatic carbocycles. The van der Waals surface area contributed by atoms with E-state index in [1.54, 1.807) is 31.4 Å². The summed E-state index contributed by atoms with van der Waals surface area (Å²) in [6.07, 6.45) is 2.51. The molecule has 0 saturated heterocycles. The molecule has 142 valence electrons. The molecular weight excluding hydrogens is 346 g/mol. The molecule has 27 heavy (non-hydrogen) atoms. The van der Waals surface area contributed by atoms with Crippen molar-refractivity contribution in [3.63, 3.8) is 0 Å². The number of rotatable bonds is 8. The Labute approximate surface area is 158 Å². The Morgan fingerprint density at radius 1 is 1.04 bits per heavy atom. The molecule has 1 amide bonds. The minimum absolute atomic E-state index is 0.132. The fraction of sp³-hybridized carbons (Fsp3) is 0.238. The van der Waals surface area contributed by atoms with Gasteiger partial charge in [-0.05, 0) is 29.3 Å². The second-order valence-electron chi connectivity index (χ2n) is 5.70. The molecule has 6 heteroatoms. The molecule has 0 fully saturated rings. The Morgan fingerprint density at radius 3 is 2.37 bits per heavy atom. The topological polar surface area (TPSA) is 73.9 Å². The molecule has 0 aliphatic rings. The van der Waals surface area contributed by atoms with Crippen LogP contribution in [0.2, 0.25) is 0 Å². The highest BCUT2D eigenvalue weighted by molar-refractivity contribution is 5.91. The van der Waals surface area contributed by atoms with Crippen molar-refractivity contribution in [3.05, 3.63) is 65.7 Å². The maximum Gasteiger partial charge on any atom is 0.303 e. The van der Waals surface area contributed by atoms with Crippen molar-refractivity contribution in [2.24, 2.45) is 0 Å². The minimum Gasteiger partial charge on any atom is -0.493 e. The molecule has 0 aliphatic heterocycles. The highest BCUT2D eigenvalue weighted by Gasteiger charge is 2.18. The molecule has 2 aromatic rings. The summed E-state index contributed by atoms with van der Waals surface area (Å²) in [6.45, 7) is 1.46. The van der Waals surface area contributed by atoms with Gasteiger partial charge in [-0.2, -0.15) is 0 Å². The largest absolute Gasteiger partial charge is 0.493 e. The fourth-order valence-corrected chi connectivity index (χ4v) is 2.47. The molecule has 0 spiro atoms. The van der Waals surface area contributed by atoms with E-state index in [4.69, 9.17) is 14.2 Å². The Kier molecular flexibility index (Phi) is 7.43. The number of carbonyl (C=O) groups excluding carboxylic acids is 2. The van der Waals surface area contributed by atoms with E-state index in [2.05, 4.69) is 5.32 Å². The average Bonchev–Trinajstić information content (AvgIpc) is 2.69. The molecule has 1 atom stereocenters. The summed E-state index contributed by atoms with van der Waals surface area (Å²) in [5.41, 5.74) is 1.61. The smallest absolute Gasteiger partial charge is 0.303 e. The molecule has 1 unspecified atom stereocenters. The first kappa shape index (κ1) is 20.0. The van der Waals surface area contributed by atoms with E-state index >= 15 is 0 Å². The molecule has 0 saturated carbocycles. The van der Waals surface area contributed by atoms with Crippen molar-refractivity contribution < 1.29 is 23.8 Å². The summed E-state index contributed by atoms with van der Waals surface area (Å²) in [4.78, 5) is 23.5. The molecule has 1 N–H and O–H groups in total. The summed E-state index contributed by atoms with van der Waals surface area (Å²) in [5.74, 6) is 0.362. The number of benzene rings is 2. The lowest BCUT2D eigenvalue weighted by Gasteiger charge is -2.19. The van der Waals surface area contributed by atoms with Gasteiger partial charge >= 0.3 is 5.97 Å². The maximum absolute atomic E-state index is 12.1. The summed E-state index contributed by atoms with van der Waals surface area (Å²) in [7, 11) is 3.07. The predicted molar refractivity (Wildman–Crippen MR) is 103 cm³/mol. The number of amides is 1. The Hall–Kier alpha value is -3.28. The molecular formula is C21H23NO5. The second kappa shape index (κ2) is 10.0. The minimum atomic E-state index is -0.642. The van der Waals surface area contributed by atoms with E-state index in [0.29, 0.717) is 17.1 Å². The number of hydrogen-bond donors (Lipinski definition) is 1. The molecule has 0 aromatic heterocycles. The zero-order chi connectivity index (χ0) is 19.6. The van der Waals surface area contributed by atoms with Crippen LogP contribution in [0.15, 0.2) is 54.6 Å². The first-order valence-corrected chi connectivity index (χ1v) is 8.43. The third-order valence-electron chi connectivity index (χ3n) is 3.78. The number of hydrogen-bond acceptors (Lipinski definition) is 5. The van der Waals surface area contributed by atoms with Crippen LogP contribution in [0.3, 0.4) is 0 Å². The Bertz CT molecular complexity index is 801. The summed E-state index contributed by atoms with van der Waals surface area (Å²) in [5, 5.41) is 2.75. The van der Waals surface area contributed by atoms with Gasteiger partial charge in [0.2, 0.25) is 5.91 Å². The zero-order valence-corrected chi connectivity index (χ0v) is 15.6. The number of nitrogens with one attached hydrogen (secondary N) is 1. The lowest BCUT2D eigenvalue weighted by Crippen LogP contribution is -2.28. The first-order chi connectivity index (χ1) is 13.0. The molecule has 0 heterocycles. The molecule has 2 rings (SSSR count). The second-order valence-corrected chi connectivity index (χ2v) is 5.70. The molecule has 0 radical (unpaired) electrons. The van der Waals surface area contributed by atoms with Gasteiger partial charge in [0.25, 0.3) is 0 Å². The highest BCUT2D eigenvalue weighted by atomic mass is 16.5. The lowest BCUT2D eigenvalue weighted by atomic mass is 10.1. The SMILES string of the molecule is COc1ccc(C(CNC(=O)/C=C/c2ccccc2)OC(C)=O)cc1OC. The van der Waals surface area contributed by atoms with E-state index in [9.17, 15) is 9.59 Å². The van der Waals surface area contributed by atoms with Crippen molar-refractivity contribution in [1.29, 1.82) is 0 Å². The van der Waals surface area contributed by atoms with Crippen LogP contribution in [0.4, 0.5) is 0 Å². The van der Waals surface area contributed by atoms with Crippen LogP contribution >= 0.6 is 0 Å². The van der Waals surface area contributed by atoms with E-state index < -0.39 is 12.1 Å². The van der Waals surface area contributed by atoms with Crippen molar-refractivity contribution in [2.75, 3.05) is 20.8 Å². The third-order valence-corrected chi connectivity index (χ3v) is 3.78. The van der Waals surface area contributed by atoms with Gasteiger partial charge in [0.1, 0.15) is 6.10 Å². The zero-order valence-electron chi connectivity index (χ0n) is 15.6. The Morgan fingerprint density at radius 2 is 1.74 bits per heavy atom. The van der Waals surface area contributed by atoms with Gasteiger partial charge < -0.3 is 19.5 Å². The number of methoxy groups -OCH3 is 2. The van der Waals surface area contributed by atoms with Crippen LogP contribution in [0.5, 0.6) is 11.5 Å². The van der Waals surface area contributed by atoms with Gasteiger partial charge in [-0.25, -0.2) is 0 Å².